The van der Waals surface area contributed by atoms with Crippen molar-refractivity contribution in [3.05, 3.63) is 53.0 Å². The number of sulfonamides is 1. The highest BCUT2D eigenvalue weighted by Crippen LogP contribution is 2.31. The first-order chi connectivity index (χ1) is 14.7. The molecule has 3 rings (SSSR count). The van der Waals surface area contributed by atoms with E-state index in [0.29, 0.717) is 11.4 Å². The zero-order valence-electron chi connectivity index (χ0n) is 16.7. The molecule has 1 N–H and O–H groups in total. The average molecular weight is 526 g/mol. The van der Waals surface area contributed by atoms with E-state index in [1.807, 2.05) is 0 Å². The molecular formula is C20H20BrN3O5S2. The van der Waals surface area contributed by atoms with Crippen molar-refractivity contribution in [2.75, 3.05) is 19.0 Å². The highest BCUT2D eigenvalue weighted by Gasteiger charge is 2.39. The summed E-state index contributed by atoms with van der Waals surface area (Å²) in [7, 11) is -2.47. The van der Waals surface area contributed by atoms with E-state index in [2.05, 4.69) is 25.6 Å². The van der Waals surface area contributed by atoms with Crippen LogP contribution in [-0.2, 0) is 19.6 Å². The summed E-state index contributed by atoms with van der Waals surface area (Å²) in [6.45, 7) is 1.97. The number of hydrogen-bond donors (Lipinski definition) is 1. The second kappa shape index (κ2) is 9.84. The first-order valence-electron chi connectivity index (χ1n) is 9.26. The van der Waals surface area contributed by atoms with Gasteiger partial charge < -0.3 is 10.1 Å². The smallest absolute Gasteiger partial charge is 0.284 e. The number of benzene rings is 2. The molecule has 1 aliphatic heterocycles. The molecule has 1 unspecified atom stereocenters. The molecule has 164 valence electrons. The lowest BCUT2D eigenvalue weighted by molar-refractivity contribution is -0.128. The quantitative estimate of drug-likeness (QED) is 0.592. The molecule has 0 aromatic heterocycles. The SMILES string of the molecule is CCN1C(=O)C(CC(=O)Nc2cccc(OC)c2)SC1=NS(=O)(=O)c1ccc(Br)cc1. The molecule has 2 amide bonds. The number of methoxy groups -OCH3 is 1. The van der Waals surface area contributed by atoms with Gasteiger partial charge in [-0.05, 0) is 43.3 Å². The Morgan fingerprint density at radius 2 is 1.97 bits per heavy atom. The van der Waals surface area contributed by atoms with Crippen LogP contribution in [0.2, 0.25) is 0 Å². The predicted molar refractivity (Wildman–Crippen MR) is 124 cm³/mol. The van der Waals surface area contributed by atoms with Gasteiger partial charge in [-0.15, -0.1) is 4.40 Å². The van der Waals surface area contributed by atoms with E-state index in [1.165, 1.54) is 24.1 Å². The van der Waals surface area contributed by atoms with Gasteiger partial charge in [0.05, 0.1) is 12.0 Å². The van der Waals surface area contributed by atoms with Crippen LogP contribution in [0.25, 0.3) is 0 Å². The molecule has 31 heavy (non-hydrogen) atoms. The predicted octanol–water partition coefficient (Wildman–Crippen LogP) is 3.50. The minimum atomic E-state index is -4.00. The summed E-state index contributed by atoms with van der Waals surface area (Å²) in [5.41, 5.74) is 0.541. The molecule has 0 radical (unpaired) electrons. The fourth-order valence-electron chi connectivity index (χ4n) is 2.84. The first-order valence-corrected chi connectivity index (χ1v) is 12.4. The molecule has 2 aromatic rings. The molecule has 2 aromatic carbocycles. The van der Waals surface area contributed by atoms with Crippen molar-refractivity contribution in [1.82, 2.24) is 4.90 Å². The van der Waals surface area contributed by atoms with Gasteiger partial charge in [0, 0.05) is 29.2 Å². The maximum atomic E-state index is 12.7. The molecule has 0 saturated carbocycles. The summed E-state index contributed by atoms with van der Waals surface area (Å²) in [4.78, 5) is 26.5. The van der Waals surface area contributed by atoms with E-state index in [-0.39, 0.29) is 34.8 Å². The van der Waals surface area contributed by atoms with Crippen LogP contribution in [0.3, 0.4) is 0 Å². The van der Waals surface area contributed by atoms with Gasteiger partial charge in [0.25, 0.3) is 10.0 Å². The summed E-state index contributed by atoms with van der Waals surface area (Å²) in [6.07, 6.45) is -0.117. The van der Waals surface area contributed by atoms with Crippen LogP contribution in [0.1, 0.15) is 13.3 Å². The molecular weight excluding hydrogens is 506 g/mol. The summed E-state index contributed by atoms with van der Waals surface area (Å²) in [5, 5.41) is 2.03. The largest absolute Gasteiger partial charge is 0.497 e. The number of halogens is 1. The fourth-order valence-corrected chi connectivity index (χ4v) is 5.53. The van der Waals surface area contributed by atoms with E-state index < -0.39 is 15.3 Å². The molecule has 8 nitrogen and oxygen atoms in total. The van der Waals surface area contributed by atoms with Crippen LogP contribution >= 0.6 is 27.7 Å². The molecule has 0 bridgehead atoms. The lowest BCUT2D eigenvalue weighted by Gasteiger charge is -2.13. The van der Waals surface area contributed by atoms with Gasteiger partial charge >= 0.3 is 0 Å². The van der Waals surface area contributed by atoms with Crippen molar-refractivity contribution in [2.24, 2.45) is 4.40 Å². The Morgan fingerprint density at radius 3 is 2.61 bits per heavy atom. The van der Waals surface area contributed by atoms with Gasteiger partial charge in [-0.1, -0.05) is 33.8 Å². The second-order valence-corrected chi connectivity index (χ2v) is 10.2. The zero-order chi connectivity index (χ0) is 22.6. The van der Waals surface area contributed by atoms with Crippen molar-refractivity contribution in [2.45, 2.75) is 23.5 Å². The standard InChI is InChI=1S/C20H20BrN3O5S2/c1-3-24-19(26)17(12-18(25)22-14-5-4-6-15(11-14)29-2)30-20(24)23-31(27,28)16-9-7-13(21)8-10-16/h4-11,17H,3,12H2,1-2H3,(H,22,25). The molecule has 1 aliphatic rings. The topological polar surface area (TPSA) is 105 Å². The van der Waals surface area contributed by atoms with Crippen LogP contribution in [0.4, 0.5) is 5.69 Å². The number of amides is 2. The third kappa shape index (κ3) is 5.66. The second-order valence-electron chi connectivity index (χ2n) is 6.48. The molecule has 1 fully saturated rings. The van der Waals surface area contributed by atoms with Crippen LogP contribution < -0.4 is 10.1 Å². The van der Waals surface area contributed by atoms with Gasteiger partial charge in [0.2, 0.25) is 11.8 Å². The van der Waals surface area contributed by atoms with Crippen LogP contribution in [0.5, 0.6) is 5.75 Å². The molecule has 1 atom stereocenters. The third-order valence-electron chi connectivity index (χ3n) is 4.37. The number of thioether (sulfide) groups is 1. The van der Waals surface area contributed by atoms with Gasteiger partial charge in [0.1, 0.15) is 11.0 Å². The minimum Gasteiger partial charge on any atom is -0.497 e. The molecule has 11 heteroatoms. The number of ether oxygens (including phenoxy) is 1. The number of nitrogens with zero attached hydrogens (tertiary/aromatic N) is 2. The number of hydrogen-bond acceptors (Lipinski definition) is 6. The Hall–Kier alpha value is -2.37. The van der Waals surface area contributed by atoms with E-state index >= 15 is 0 Å². The van der Waals surface area contributed by atoms with Gasteiger partial charge in [-0.2, -0.15) is 8.42 Å². The fraction of sp³-hybridized carbons (Fsp3) is 0.250. The Bertz CT molecular complexity index is 1120. The van der Waals surface area contributed by atoms with E-state index in [1.54, 1.807) is 43.3 Å². The number of rotatable bonds is 7. The van der Waals surface area contributed by atoms with Crippen LogP contribution in [0.15, 0.2) is 62.3 Å². The van der Waals surface area contributed by atoms with E-state index in [9.17, 15) is 18.0 Å². The van der Waals surface area contributed by atoms with E-state index in [0.717, 1.165) is 16.2 Å². The Morgan fingerprint density at radius 1 is 1.26 bits per heavy atom. The Labute approximate surface area is 193 Å². The van der Waals surface area contributed by atoms with Crippen molar-refractivity contribution in [3.63, 3.8) is 0 Å². The molecule has 1 heterocycles. The first kappa shape index (κ1) is 23.3. The number of nitrogens with one attached hydrogen (secondary N) is 1. The lowest BCUT2D eigenvalue weighted by atomic mass is 10.2. The lowest BCUT2D eigenvalue weighted by Crippen LogP contribution is -2.33. The average Bonchev–Trinajstić information content (AvgIpc) is 3.01. The third-order valence-corrected chi connectivity index (χ3v) is 7.47. The number of carbonyl (C=O) groups is 2. The number of amidine groups is 1. The summed E-state index contributed by atoms with van der Waals surface area (Å²) < 4.78 is 35.0. The van der Waals surface area contributed by atoms with Crippen molar-refractivity contribution >= 4 is 60.4 Å². The van der Waals surface area contributed by atoms with Gasteiger partial charge in [-0.3, -0.25) is 14.5 Å². The van der Waals surface area contributed by atoms with Gasteiger partial charge in [-0.25, -0.2) is 0 Å². The molecule has 0 spiro atoms. The van der Waals surface area contributed by atoms with Crippen LogP contribution in [0, 0.1) is 0 Å². The monoisotopic (exact) mass is 525 g/mol. The van der Waals surface area contributed by atoms with Crippen molar-refractivity contribution < 1.29 is 22.7 Å². The molecule has 1 saturated heterocycles. The minimum absolute atomic E-state index is 0.0199. The van der Waals surface area contributed by atoms with Crippen LogP contribution in [-0.4, -0.2) is 49.2 Å². The highest BCUT2D eigenvalue weighted by molar-refractivity contribution is 9.10. The highest BCUT2D eigenvalue weighted by atomic mass is 79.9. The zero-order valence-corrected chi connectivity index (χ0v) is 20.0. The number of carbonyl (C=O) groups excluding carboxylic acids is 2. The Balaban J connectivity index is 1.75. The number of anilines is 1. The Kier molecular flexibility index (Phi) is 7.39. The normalized spacial score (nSPS) is 17.8. The maximum Gasteiger partial charge on any atom is 0.284 e. The van der Waals surface area contributed by atoms with E-state index in [4.69, 9.17) is 4.74 Å². The summed E-state index contributed by atoms with van der Waals surface area (Å²) >= 11 is 4.23. The molecule has 0 aliphatic carbocycles. The maximum absolute atomic E-state index is 12.7. The van der Waals surface area contributed by atoms with Crippen molar-refractivity contribution in [3.8, 4) is 5.75 Å². The van der Waals surface area contributed by atoms with Crippen molar-refractivity contribution in [1.29, 1.82) is 0 Å². The summed E-state index contributed by atoms with van der Waals surface area (Å²) in [5.74, 6) is -0.126. The van der Waals surface area contributed by atoms with Gasteiger partial charge in [0.15, 0.2) is 5.17 Å². The summed E-state index contributed by atoms with van der Waals surface area (Å²) in [6, 6.07) is 12.9.